The molecule has 2 aromatic heterocycles. The third kappa shape index (κ3) is 3.69. The molecule has 2 heterocycles. The zero-order valence-electron chi connectivity index (χ0n) is 15.1. The number of hydrogen-bond donors (Lipinski definition) is 2. The standard InChI is InChI=1S/C19H20N4O4/c1-4-5-20-18(24)15-10-23(17-16(15)21-11-22-19(17)25)9-12-6-13(26-2)8-14(7-12)27-3/h4,6-8,10-11H,1,5,9H2,2-3H3,(H,20,24)(H,21,22,25). The Bertz CT molecular complexity index is 1030. The number of carbonyl (C=O) groups excluding carboxylic acids is 1. The molecule has 0 aliphatic rings. The Morgan fingerprint density at radius 2 is 2.00 bits per heavy atom. The summed E-state index contributed by atoms with van der Waals surface area (Å²) in [6, 6.07) is 5.45. The third-order valence-corrected chi connectivity index (χ3v) is 4.07. The highest BCUT2D eigenvalue weighted by Crippen LogP contribution is 2.24. The van der Waals surface area contributed by atoms with Gasteiger partial charge in [-0.15, -0.1) is 6.58 Å². The van der Waals surface area contributed by atoms with Gasteiger partial charge in [-0.3, -0.25) is 9.59 Å². The molecule has 0 radical (unpaired) electrons. The number of H-pyrrole nitrogens is 1. The van der Waals surface area contributed by atoms with Crippen molar-refractivity contribution in [3.8, 4) is 11.5 Å². The highest BCUT2D eigenvalue weighted by Gasteiger charge is 2.18. The zero-order valence-corrected chi connectivity index (χ0v) is 15.1. The van der Waals surface area contributed by atoms with Gasteiger partial charge in [-0.25, -0.2) is 4.98 Å². The minimum absolute atomic E-state index is 0.319. The second-order valence-electron chi connectivity index (χ2n) is 5.82. The van der Waals surface area contributed by atoms with Crippen molar-refractivity contribution < 1.29 is 14.3 Å². The van der Waals surface area contributed by atoms with Crippen LogP contribution in [-0.2, 0) is 6.54 Å². The molecule has 2 N–H and O–H groups in total. The second-order valence-corrected chi connectivity index (χ2v) is 5.82. The fourth-order valence-electron chi connectivity index (χ4n) is 2.84. The molecule has 3 aromatic rings. The van der Waals surface area contributed by atoms with E-state index in [-0.39, 0.29) is 11.5 Å². The summed E-state index contributed by atoms with van der Waals surface area (Å²) >= 11 is 0. The smallest absolute Gasteiger partial charge is 0.275 e. The Kier molecular flexibility index (Phi) is 5.25. The Morgan fingerprint density at radius 1 is 1.30 bits per heavy atom. The normalized spacial score (nSPS) is 10.6. The summed E-state index contributed by atoms with van der Waals surface area (Å²) in [5.74, 6) is 0.952. The van der Waals surface area contributed by atoms with E-state index in [0.717, 1.165) is 5.56 Å². The van der Waals surface area contributed by atoms with Crippen molar-refractivity contribution in [3.63, 3.8) is 0 Å². The van der Waals surface area contributed by atoms with Crippen molar-refractivity contribution in [1.82, 2.24) is 19.9 Å². The van der Waals surface area contributed by atoms with E-state index in [2.05, 4.69) is 21.9 Å². The van der Waals surface area contributed by atoms with Crippen LogP contribution in [0, 0.1) is 0 Å². The van der Waals surface area contributed by atoms with E-state index in [1.165, 1.54) is 6.33 Å². The lowest BCUT2D eigenvalue weighted by molar-refractivity contribution is 0.0959. The number of hydrogen-bond acceptors (Lipinski definition) is 5. The topological polar surface area (TPSA) is 98.2 Å². The number of ether oxygens (including phenoxy) is 2. The van der Waals surface area contributed by atoms with E-state index in [1.807, 2.05) is 12.1 Å². The van der Waals surface area contributed by atoms with Gasteiger partial charge in [-0.2, -0.15) is 0 Å². The number of methoxy groups -OCH3 is 2. The van der Waals surface area contributed by atoms with Gasteiger partial charge >= 0.3 is 0 Å². The molecule has 3 rings (SSSR count). The molecule has 0 saturated heterocycles. The fourth-order valence-corrected chi connectivity index (χ4v) is 2.84. The first-order valence-corrected chi connectivity index (χ1v) is 8.25. The molecule has 0 aliphatic carbocycles. The molecular formula is C19H20N4O4. The number of amides is 1. The van der Waals surface area contributed by atoms with Gasteiger partial charge in [0.25, 0.3) is 11.5 Å². The SMILES string of the molecule is C=CCNC(=O)c1cn(Cc2cc(OC)cc(OC)c2)c2c(=O)[nH]cnc12. The maximum Gasteiger partial charge on any atom is 0.275 e. The molecule has 0 atom stereocenters. The van der Waals surface area contributed by atoms with Crippen molar-refractivity contribution in [2.24, 2.45) is 0 Å². The summed E-state index contributed by atoms with van der Waals surface area (Å²) in [6.07, 6.45) is 4.49. The number of aromatic nitrogens is 3. The average Bonchev–Trinajstić information content (AvgIpc) is 3.05. The molecule has 8 nitrogen and oxygen atoms in total. The molecule has 0 unspecified atom stereocenters. The summed E-state index contributed by atoms with van der Waals surface area (Å²) in [7, 11) is 3.14. The fraction of sp³-hybridized carbons (Fsp3) is 0.211. The Morgan fingerprint density at radius 3 is 2.63 bits per heavy atom. The Balaban J connectivity index is 2.08. The van der Waals surface area contributed by atoms with Gasteiger partial charge in [0.05, 0.1) is 26.1 Å². The molecule has 0 fully saturated rings. The van der Waals surface area contributed by atoms with Crippen molar-refractivity contribution in [3.05, 3.63) is 64.9 Å². The van der Waals surface area contributed by atoms with Crippen LogP contribution >= 0.6 is 0 Å². The molecule has 0 saturated carbocycles. The zero-order chi connectivity index (χ0) is 19.4. The number of benzene rings is 1. The number of fused-ring (bicyclic) bond motifs is 1. The average molecular weight is 368 g/mol. The molecule has 1 aromatic carbocycles. The number of nitrogens with one attached hydrogen (secondary N) is 2. The predicted molar refractivity (Wildman–Crippen MR) is 102 cm³/mol. The van der Waals surface area contributed by atoms with Crippen molar-refractivity contribution in [2.75, 3.05) is 20.8 Å². The van der Waals surface area contributed by atoms with Crippen LogP contribution in [0.3, 0.4) is 0 Å². The van der Waals surface area contributed by atoms with E-state index < -0.39 is 0 Å². The molecule has 27 heavy (non-hydrogen) atoms. The molecule has 1 amide bonds. The lowest BCUT2D eigenvalue weighted by atomic mass is 10.2. The summed E-state index contributed by atoms with van der Waals surface area (Å²) in [6.45, 7) is 4.24. The van der Waals surface area contributed by atoms with Gasteiger partial charge in [0.15, 0.2) is 0 Å². The second kappa shape index (κ2) is 7.77. The van der Waals surface area contributed by atoms with Crippen LogP contribution in [0.1, 0.15) is 15.9 Å². The van der Waals surface area contributed by atoms with Crippen LogP contribution in [0.15, 0.2) is 48.2 Å². The lowest BCUT2D eigenvalue weighted by Gasteiger charge is -2.09. The maximum absolute atomic E-state index is 12.4. The Hall–Kier alpha value is -3.55. The molecule has 140 valence electrons. The van der Waals surface area contributed by atoms with Gasteiger partial charge in [-0.05, 0) is 17.7 Å². The number of carbonyl (C=O) groups is 1. The van der Waals surface area contributed by atoms with Crippen molar-refractivity contribution in [1.29, 1.82) is 0 Å². The third-order valence-electron chi connectivity index (χ3n) is 4.07. The first-order valence-electron chi connectivity index (χ1n) is 8.25. The van der Waals surface area contributed by atoms with Crippen molar-refractivity contribution >= 4 is 16.9 Å². The summed E-state index contributed by atoms with van der Waals surface area (Å²) in [5.41, 5.74) is 1.52. The first kappa shape index (κ1) is 18.2. The van der Waals surface area contributed by atoms with Crippen LogP contribution < -0.4 is 20.3 Å². The van der Waals surface area contributed by atoms with Crippen LogP contribution in [0.2, 0.25) is 0 Å². The van der Waals surface area contributed by atoms with E-state index >= 15 is 0 Å². The highest BCUT2D eigenvalue weighted by atomic mass is 16.5. The minimum atomic E-state index is -0.322. The highest BCUT2D eigenvalue weighted by molar-refractivity contribution is 6.05. The van der Waals surface area contributed by atoms with Gasteiger partial charge in [0.1, 0.15) is 22.5 Å². The van der Waals surface area contributed by atoms with E-state index in [9.17, 15) is 9.59 Å². The largest absolute Gasteiger partial charge is 0.497 e. The number of rotatable bonds is 7. The lowest BCUT2D eigenvalue weighted by Crippen LogP contribution is -2.23. The van der Waals surface area contributed by atoms with Crippen LogP contribution in [0.5, 0.6) is 11.5 Å². The summed E-state index contributed by atoms with van der Waals surface area (Å²) in [4.78, 5) is 31.5. The van der Waals surface area contributed by atoms with Gasteiger partial charge in [-0.1, -0.05) is 6.08 Å². The van der Waals surface area contributed by atoms with E-state index in [4.69, 9.17) is 9.47 Å². The van der Waals surface area contributed by atoms with Crippen LogP contribution in [-0.4, -0.2) is 41.2 Å². The molecule has 0 aliphatic heterocycles. The van der Waals surface area contributed by atoms with E-state index in [1.54, 1.807) is 37.1 Å². The van der Waals surface area contributed by atoms with Gasteiger partial charge in [0, 0.05) is 25.4 Å². The maximum atomic E-state index is 12.4. The Labute approximate surface area is 155 Å². The predicted octanol–water partition coefficient (Wildman–Crippen LogP) is 1.71. The minimum Gasteiger partial charge on any atom is -0.497 e. The molecule has 8 heteroatoms. The van der Waals surface area contributed by atoms with Gasteiger partial charge in [0.2, 0.25) is 0 Å². The van der Waals surface area contributed by atoms with Crippen LogP contribution in [0.4, 0.5) is 0 Å². The summed E-state index contributed by atoms with van der Waals surface area (Å²) < 4.78 is 12.3. The van der Waals surface area contributed by atoms with E-state index in [0.29, 0.717) is 41.2 Å². The molecule has 0 bridgehead atoms. The summed E-state index contributed by atoms with van der Waals surface area (Å²) in [5, 5.41) is 2.71. The molecule has 0 spiro atoms. The molecular weight excluding hydrogens is 348 g/mol. The van der Waals surface area contributed by atoms with Crippen LogP contribution in [0.25, 0.3) is 11.0 Å². The quantitative estimate of drug-likeness (QED) is 0.619. The number of aromatic amines is 1. The van der Waals surface area contributed by atoms with Crippen molar-refractivity contribution in [2.45, 2.75) is 6.54 Å². The monoisotopic (exact) mass is 368 g/mol. The number of nitrogens with zero attached hydrogens (tertiary/aromatic N) is 2. The van der Waals surface area contributed by atoms with Gasteiger partial charge < -0.3 is 24.3 Å². The first-order chi connectivity index (χ1) is 13.1.